The predicted octanol–water partition coefficient (Wildman–Crippen LogP) is 3.51. The van der Waals surface area contributed by atoms with E-state index < -0.39 is 5.97 Å². The largest absolute Gasteiger partial charge is 0.402 e. The molecule has 0 aliphatic carbocycles. The first-order valence-electron chi connectivity index (χ1n) is 6.95. The van der Waals surface area contributed by atoms with Crippen molar-refractivity contribution in [2.24, 2.45) is 4.99 Å². The number of aliphatic imine (C=N–C) groups is 1. The monoisotopic (exact) mass is 288 g/mol. The van der Waals surface area contributed by atoms with Gasteiger partial charge in [0.25, 0.3) is 0 Å². The maximum absolute atomic E-state index is 12.0. The number of nitrogens with one attached hydrogen (secondary N) is 1. The van der Waals surface area contributed by atoms with Gasteiger partial charge in [-0.1, -0.05) is 36.4 Å². The van der Waals surface area contributed by atoms with Gasteiger partial charge in [0, 0.05) is 16.8 Å². The molecule has 0 bridgehead atoms. The van der Waals surface area contributed by atoms with Gasteiger partial charge in [0.15, 0.2) is 5.70 Å². The van der Waals surface area contributed by atoms with Gasteiger partial charge in [-0.2, -0.15) is 0 Å². The second-order valence-electron chi connectivity index (χ2n) is 5.01. The fraction of sp³-hybridized carbons (Fsp3) is 0. The van der Waals surface area contributed by atoms with E-state index >= 15 is 0 Å². The average Bonchev–Trinajstić information content (AvgIpc) is 3.12. The highest BCUT2D eigenvalue weighted by atomic mass is 16.6. The number of carbonyl (C=O) groups is 1. The number of aromatic amines is 1. The number of hydrogen-bond acceptors (Lipinski definition) is 3. The lowest BCUT2D eigenvalue weighted by atomic mass is 10.2. The molecule has 106 valence electrons. The lowest BCUT2D eigenvalue weighted by Crippen LogP contribution is -2.04. The van der Waals surface area contributed by atoms with Gasteiger partial charge in [0.1, 0.15) is 0 Å². The first-order valence-corrected chi connectivity index (χ1v) is 6.95. The van der Waals surface area contributed by atoms with Crippen LogP contribution in [-0.4, -0.2) is 16.9 Å². The predicted molar refractivity (Wildman–Crippen MR) is 85.3 cm³/mol. The van der Waals surface area contributed by atoms with Gasteiger partial charge in [-0.25, -0.2) is 9.79 Å². The molecule has 2 aromatic carbocycles. The van der Waals surface area contributed by atoms with E-state index in [1.54, 1.807) is 6.08 Å². The molecule has 0 amide bonds. The van der Waals surface area contributed by atoms with Gasteiger partial charge in [0.2, 0.25) is 5.90 Å². The van der Waals surface area contributed by atoms with Gasteiger partial charge in [-0.05, 0) is 35.7 Å². The van der Waals surface area contributed by atoms with E-state index in [-0.39, 0.29) is 0 Å². The van der Waals surface area contributed by atoms with Crippen LogP contribution < -0.4 is 0 Å². The summed E-state index contributed by atoms with van der Waals surface area (Å²) in [7, 11) is 0. The second-order valence-corrected chi connectivity index (χ2v) is 5.01. The van der Waals surface area contributed by atoms with Crippen LogP contribution in [0.15, 0.2) is 71.4 Å². The quantitative estimate of drug-likeness (QED) is 0.579. The summed E-state index contributed by atoms with van der Waals surface area (Å²) in [5.74, 6) is -0.0922. The van der Waals surface area contributed by atoms with Gasteiger partial charge in [-0.15, -0.1) is 0 Å². The van der Waals surface area contributed by atoms with Crippen molar-refractivity contribution >= 4 is 28.8 Å². The number of cyclic esters (lactones) is 1. The molecule has 4 heteroatoms. The number of rotatable bonds is 2. The zero-order valence-electron chi connectivity index (χ0n) is 11.6. The molecule has 0 spiro atoms. The molecule has 1 N–H and O–H groups in total. The fourth-order valence-corrected chi connectivity index (χ4v) is 2.43. The third kappa shape index (κ3) is 2.20. The molecule has 4 rings (SSSR count). The van der Waals surface area contributed by atoms with Crippen molar-refractivity contribution in [2.75, 3.05) is 0 Å². The molecule has 0 saturated carbocycles. The van der Waals surface area contributed by atoms with Crippen LogP contribution in [0.1, 0.15) is 11.3 Å². The Bertz CT molecular complexity index is 887. The Morgan fingerprint density at radius 3 is 2.59 bits per heavy atom. The number of ether oxygens (including phenoxy) is 1. The first kappa shape index (κ1) is 12.6. The number of para-hydroxylation sites is 1. The fourth-order valence-electron chi connectivity index (χ4n) is 2.43. The molecule has 0 radical (unpaired) electrons. The summed E-state index contributed by atoms with van der Waals surface area (Å²) in [5.41, 5.74) is 2.93. The van der Waals surface area contributed by atoms with E-state index in [2.05, 4.69) is 9.98 Å². The zero-order chi connectivity index (χ0) is 14.9. The van der Waals surface area contributed by atoms with Crippen molar-refractivity contribution in [2.45, 2.75) is 0 Å². The van der Waals surface area contributed by atoms with Crippen molar-refractivity contribution in [1.82, 2.24) is 4.98 Å². The number of fused-ring (bicyclic) bond motifs is 1. The minimum Gasteiger partial charge on any atom is -0.402 e. The van der Waals surface area contributed by atoms with Crippen LogP contribution in [0.25, 0.3) is 17.0 Å². The number of benzene rings is 2. The second kappa shape index (κ2) is 5.00. The lowest BCUT2D eigenvalue weighted by Gasteiger charge is -1.97. The summed E-state index contributed by atoms with van der Waals surface area (Å²) in [6.45, 7) is 0. The molecule has 22 heavy (non-hydrogen) atoms. The summed E-state index contributed by atoms with van der Waals surface area (Å²) in [6.07, 6.45) is 1.71. The highest BCUT2D eigenvalue weighted by Gasteiger charge is 2.24. The molecular formula is C18H12N2O2. The molecule has 4 nitrogen and oxygen atoms in total. The Balaban J connectivity index is 1.72. The maximum Gasteiger partial charge on any atom is 0.363 e. The minimum atomic E-state index is -0.433. The zero-order valence-corrected chi connectivity index (χ0v) is 11.6. The summed E-state index contributed by atoms with van der Waals surface area (Å²) in [4.78, 5) is 19.5. The van der Waals surface area contributed by atoms with Crippen molar-refractivity contribution < 1.29 is 9.53 Å². The summed E-state index contributed by atoms with van der Waals surface area (Å²) < 4.78 is 5.24. The average molecular weight is 288 g/mol. The van der Waals surface area contributed by atoms with E-state index in [9.17, 15) is 4.79 Å². The van der Waals surface area contributed by atoms with Gasteiger partial charge in [-0.3, -0.25) is 0 Å². The van der Waals surface area contributed by atoms with Crippen molar-refractivity contribution in [3.8, 4) is 0 Å². The molecule has 0 unspecified atom stereocenters. The van der Waals surface area contributed by atoms with Gasteiger partial charge >= 0.3 is 5.97 Å². The molecule has 0 fully saturated rings. The maximum atomic E-state index is 12.0. The van der Waals surface area contributed by atoms with Crippen molar-refractivity contribution in [3.05, 3.63) is 77.6 Å². The Hall–Kier alpha value is -3.14. The molecule has 1 aromatic heterocycles. The van der Waals surface area contributed by atoms with E-state index in [0.717, 1.165) is 22.2 Å². The van der Waals surface area contributed by atoms with Crippen LogP contribution in [0.2, 0.25) is 0 Å². The van der Waals surface area contributed by atoms with Crippen LogP contribution in [-0.2, 0) is 9.53 Å². The highest BCUT2D eigenvalue weighted by Crippen LogP contribution is 2.21. The Morgan fingerprint density at radius 2 is 1.77 bits per heavy atom. The highest BCUT2D eigenvalue weighted by molar-refractivity contribution is 6.12. The van der Waals surface area contributed by atoms with E-state index in [1.165, 1.54) is 0 Å². The smallest absolute Gasteiger partial charge is 0.363 e. The van der Waals surface area contributed by atoms with Gasteiger partial charge < -0.3 is 9.72 Å². The molecular weight excluding hydrogens is 276 g/mol. The molecule has 1 aliphatic heterocycles. The first-order chi connectivity index (χ1) is 10.8. The van der Waals surface area contributed by atoms with E-state index in [1.807, 2.05) is 60.7 Å². The van der Waals surface area contributed by atoms with Crippen LogP contribution >= 0.6 is 0 Å². The summed E-state index contributed by atoms with van der Waals surface area (Å²) in [5, 5.41) is 1.09. The number of carbonyl (C=O) groups excluding carboxylic acids is 1. The minimum absolute atomic E-state index is 0.297. The van der Waals surface area contributed by atoms with Crippen LogP contribution in [0, 0.1) is 0 Å². The lowest BCUT2D eigenvalue weighted by molar-refractivity contribution is -0.129. The van der Waals surface area contributed by atoms with E-state index in [0.29, 0.717) is 11.6 Å². The molecule has 0 saturated heterocycles. The molecule has 2 heterocycles. The third-order valence-corrected chi connectivity index (χ3v) is 3.48. The topological polar surface area (TPSA) is 54.4 Å². The third-order valence-electron chi connectivity index (χ3n) is 3.48. The number of hydrogen-bond donors (Lipinski definition) is 1. The molecule has 0 atom stereocenters. The van der Waals surface area contributed by atoms with Crippen LogP contribution in [0.4, 0.5) is 0 Å². The SMILES string of the molecule is O=C1OC(c2ccccc2)=N/C1=C\c1cc2ccccc2[nH]1. The van der Waals surface area contributed by atoms with Gasteiger partial charge in [0.05, 0.1) is 0 Å². The Kier molecular flexibility index (Phi) is 2.86. The number of H-pyrrole nitrogens is 1. The summed E-state index contributed by atoms with van der Waals surface area (Å²) >= 11 is 0. The standard InChI is InChI=1S/C18H12N2O2/c21-18-16(20-17(22-18)12-6-2-1-3-7-12)11-14-10-13-8-4-5-9-15(13)19-14/h1-11,19H/b16-11-. The van der Waals surface area contributed by atoms with E-state index in [4.69, 9.17) is 4.74 Å². The normalized spacial score (nSPS) is 16.1. The van der Waals surface area contributed by atoms with Crippen molar-refractivity contribution in [1.29, 1.82) is 0 Å². The van der Waals surface area contributed by atoms with Crippen LogP contribution in [0.5, 0.6) is 0 Å². The van der Waals surface area contributed by atoms with Crippen molar-refractivity contribution in [3.63, 3.8) is 0 Å². The Labute approximate surface area is 126 Å². The summed E-state index contributed by atoms with van der Waals surface area (Å²) in [6, 6.07) is 19.3. The number of nitrogens with zero attached hydrogens (tertiary/aromatic N) is 1. The molecule has 1 aliphatic rings. The number of esters is 1. The molecule has 3 aromatic rings. The Morgan fingerprint density at radius 1 is 1.00 bits per heavy atom. The number of aromatic nitrogens is 1. The van der Waals surface area contributed by atoms with Crippen LogP contribution in [0.3, 0.4) is 0 Å².